The molecule has 0 aliphatic heterocycles. The molecule has 0 amide bonds. The van der Waals surface area contributed by atoms with Gasteiger partial charge in [0.2, 0.25) is 0 Å². The Morgan fingerprint density at radius 2 is 1.73 bits per heavy atom. The first-order valence-electron chi connectivity index (χ1n) is 15.2. The van der Waals surface area contributed by atoms with E-state index in [0.29, 0.717) is 12.3 Å². The molecular formula is C33H50O4. The fourth-order valence-electron chi connectivity index (χ4n) is 7.31. The van der Waals surface area contributed by atoms with E-state index in [0.717, 1.165) is 63.7 Å². The van der Waals surface area contributed by atoms with Gasteiger partial charge in [-0.3, -0.25) is 9.59 Å². The van der Waals surface area contributed by atoms with Crippen molar-refractivity contribution in [1.82, 2.24) is 0 Å². The van der Waals surface area contributed by atoms with E-state index >= 15 is 0 Å². The van der Waals surface area contributed by atoms with Crippen molar-refractivity contribution in [2.24, 2.45) is 23.2 Å². The Hall–Kier alpha value is -1.84. The van der Waals surface area contributed by atoms with Crippen LogP contribution in [0.2, 0.25) is 0 Å². The maximum Gasteiger partial charge on any atom is 0.313 e. The summed E-state index contributed by atoms with van der Waals surface area (Å²) in [5.74, 6) is 1.84. The lowest BCUT2D eigenvalue weighted by atomic mass is 9.53. The van der Waals surface area contributed by atoms with Crippen LogP contribution >= 0.6 is 0 Å². The van der Waals surface area contributed by atoms with Gasteiger partial charge in [-0.25, -0.2) is 0 Å². The average molecular weight is 511 g/mol. The Balaban J connectivity index is 1.37. The van der Waals surface area contributed by atoms with E-state index in [1.165, 1.54) is 37.7 Å². The number of fused-ring (bicyclic) bond motifs is 1. The quantitative estimate of drug-likeness (QED) is 0.210. The first-order valence-corrected chi connectivity index (χ1v) is 15.2. The van der Waals surface area contributed by atoms with Gasteiger partial charge >= 0.3 is 5.97 Å². The Labute approximate surface area is 225 Å². The fraction of sp³-hybridized carbons (Fsp3) is 0.758. The Kier molecular flexibility index (Phi) is 9.40. The van der Waals surface area contributed by atoms with Gasteiger partial charge in [-0.2, -0.15) is 0 Å². The predicted octanol–water partition coefficient (Wildman–Crippen LogP) is 8.20. The molecule has 1 aromatic rings. The summed E-state index contributed by atoms with van der Waals surface area (Å²) < 4.78 is 12.4. The van der Waals surface area contributed by atoms with Gasteiger partial charge in [0.05, 0.1) is 12.0 Å². The highest BCUT2D eigenvalue weighted by molar-refractivity contribution is 5.92. The van der Waals surface area contributed by atoms with Gasteiger partial charge in [0.25, 0.3) is 0 Å². The van der Waals surface area contributed by atoms with E-state index < -0.39 is 5.41 Å². The molecule has 3 aliphatic carbocycles. The fourth-order valence-corrected chi connectivity index (χ4v) is 7.31. The molecule has 3 fully saturated rings. The lowest BCUT2D eigenvalue weighted by Gasteiger charge is -2.51. The average Bonchev–Trinajstić information content (AvgIpc) is 2.85. The van der Waals surface area contributed by atoms with Crippen LogP contribution in [-0.4, -0.2) is 24.5 Å². The second-order valence-corrected chi connectivity index (χ2v) is 12.9. The van der Waals surface area contributed by atoms with Gasteiger partial charge in [0, 0.05) is 18.3 Å². The van der Waals surface area contributed by atoms with Crippen LogP contribution in [-0.2, 0) is 19.7 Å². The number of benzene rings is 1. The first kappa shape index (κ1) is 28.2. The molecule has 0 spiro atoms. The molecule has 3 saturated carbocycles. The number of hydrogen-bond acceptors (Lipinski definition) is 4. The summed E-state index contributed by atoms with van der Waals surface area (Å²) in [5, 5.41) is 0. The standard InChI is InChI=1S/C33H50O4/c1-5-6-7-8-9-10-22-36-26-16-14-25(15-17-26)32(3,4)28-18-13-24(2)23-30(28)37-31(35)33-20-11-12-29(34)27(33)19-21-33/h14-17,24,27-28,30H,5-13,18-23H2,1-4H3/t24-,27-,28-,30-,33+/m1/s1. The van der Waals surface area contributed by atoms with Crippen LogP contribution in [0.5, 0.6) is 5.75 Å². The second-order valence-electron chi connectivity index (χ2n) is 12.9. The number of Topliss-reactive ketones (excluding diaryl/α,β-unsaturated/α-hetero) is 1. The molecule has 1 aromatic carbocycles. The summed E-state index contributed by atoms with van der Waals surface area (Å²) in [5.41, 5.74) is 0.620. The van der Waals surface area contributed by atoms with Crippen molar-refractivity contribution in [3.8, 4) is 5.75 Å². The number of unbranched alkanes of at least 4 members (excludes halogenated alkanes) is 5. The number of hydrogen-bond donors (Lipinski definition) is 0. The van der Waals surface area contributed by atoms with Gasteiger partial charge in [-0.1, -0.05) is 78.4 Å². The van der Waals surface area contributed by atoms with Gasteiger partial charge in [0.15, 0.2) is 0 Å². The molecule has 0 saturated heterocycles. The van der Waals surface area contributed by atoms with E-state index in [4.69, 9.17) is 9.47 Å². The summed E-state index contributed by atoms with van der Waals surface area (Å²) in [4.78, 5) is 26.0. The summed E-state index contributed by atoms with van der Waals surface area (Å²) in [6.45, 7) is 9.90. The minimum absolute atomic E-state index is 0.0878. The van der Waals surface area contributed by atoms with Crippen molar-refractivity contribution >= 4 is 11.8 Å². The van der Waals surface area contributed by atoms with Crippen LogP contribution in [0, 0.1) is 23.2 Å². The molecule has 4 heteroatoms. The minimum atomic E-state index is -0.528. The van der Waals surface area contributed by atoms with Gasteiger partial charge < -0.3 is 9.47 Å². The Morgan fingerprint density at radius 1 is 1.00 bits per heavy atom. The van der Waals surface area contributed by atoms with Gasteiger partial charge in [0.1, 0.15) is 17.6 Å². The van der Waals surface area contributed by atoms with Crippen molar-refractivity contribution in [3.63, 3.8) is 0 Å². The normalized spacial score (nSPS) is 29.8. The zero-order valence-electron chi connectivity index (χ0n) is 23.9. The van der Waals surface area contributed by atoms with E-state index in [-0.39, 0.29) is 35.1 Å². The van der Waals surface area contributed by atoms with Crippen molar-refractivity contribution in [1.29, 1.82) is 0 Å². The molecule has 0 unspecified atom stereocenters. The zero-order valence-corrected chi connectivity index (χ0v) is 23.9. The highest BCUT2D eigenvalue weighted by Crippen LogP contribution is 2.55. The number of rotatable bonds is 12. The number of ether oxygens (including phenoxy) is 2. The molecule has 37 heavy (non-hydrogen) atoms. The molecule has 4 rings (SSSR count). The smallest absolute Gasteiger partial charge is 0.313 e. The van der Waals surface area contributed by atoms with Crippen LogP contribution in [0.3, 0.4) is 0 Å². The molecule has 3 aliphatic rings. The number of carbonyl (C=O) groups is 2. The summed E-state index contributed by atoms with van der Waals surface area (Å²) in [6, 6.07) is 8.61. The lowest BCUT2D eigenvalue weighted by Crippen LogP contribution is -2.55. The maximum atomic E-state index is 13.6. The molecule has 0 aromatic heterocycles. The third kappa shape index (κ3) is 6.25. The van der Waals surface area contributed by atoms with Gasteiger partial charge in [-0.15, -0.1) is 0 Å². The summed E-state index contributed by atoms with van der Waals surface area (Å²) in [6.07, 6.45) is 14.6. The van der Waals surface area contributed by atoms with E-state index in [9.17, 15) is 9.59 Å². The Bertz CT molecular complexity index is 903. The molecule has 4 nitrogen and oxygen atoms in total. The topological polar surface area (TPSA) is 52.6 Å². The summed E-state index contributed by atoms with van der Waals surface area (Å²) in [7, 11) is 0. The molecule has 0 N–H and O–H groups in total. The first-order chi connectivity index (χ1) is 17.8. The van der Waals surface area contributed by atoms with Crippen molar-refractivity contribution in [3.05, 3.63) is 29.8 Å². The van der Waals surface area contributed by atoms with E-state index in [1.807, 2.05) is 0 Å². The molecular weight excluding hydrogens is 460 g/mol. The van der Waals surface area contributed by atoms with E-state index in [2.05, 4.69) is 52.0 Å². The zero-order chi connectivity index (χ0) is 26.5. The predicted molar refractivity (Wildman–Crippen MR) is 149 cm³/mol. The number of ketones is 1. The highest BCUT2D eigenvalue weighted by atomic mass is 16.5. The summed E-state index contributed by atoms with van der Waals surface area (Å²) >= 11 is 0. The lowest BCUT2D eigenvalue weighted by molar-refractivity contribution is -0.187. The van der Waals surface area contributed by atoms with E-state index in [1.54, 1.807) is 0 Å². The largest absolute Gasteiger partial charge is 0.494 e. The SMILES string of the molecule is CCCCCCCCOc1ccc(C(C)(C)[C@@H]2CC[C@@H](C)C[C@H]2OC(=O)[C@]23CCCC(=O)[C@H]2CC3)cc1. The molecule has 0 heterocycles. The van der Waals surface area contributed by atoms with Crippen LogP contribution in [0.1, 0.15) is 123 Å². The monoisotopic (exact) mass is 510 g/mol. The molecule has 5 atom stereocenters. The van der Waals surface area contributed by atoms with Crippen molar-refractivity contribution < 1.29 is 19.1 Å². The molecule has 0 radical (unpaired) electrons. The van der Waals surface area contributed by atoms with Crippen LogP contribution in [0.4, 0.5) is 0 Å². The second kappa shape index (κ2) is 12.3. The van der Waals surface area contributed by atoms with Crippen molar-refractivity contribution in [2.45, 2.75) is 129 Å². The molecule has 206 valence electrons. The number of esters is 1. The maximum absolute atomic E-state index is 13.6. The third-order valence-electron chi connectivity index (χ3n) is 9.99. The highest BCUT2D eigenvalue weighted by Gasteiger charge is 2.58. The van der Waals surface area contributed by atoms with Crippen LogP contribution in [0.25, 0.3) is 0 Å². The Morgan fingerprint density at radius 3 is 2.43 bits per heavy atom. The van der Waals surface area contributed by atoms with Crippen LogP contribution < -0.4 is 4.74 Å². The van der Waals surface area contributed by atoms with Crippen molar-refractivity contribution in [2.75, 3.05) is 6.61 Å². The minimum Gasteiger partial charge on any atom is -0.494 e. The third-order valence-corrected chi connectivity index (χ3v) is 9.99. The van der Waals surface area contributed by atoms with Crippen LogP contribution in [0.15, 0.2) is 24.3 Å². The van der Waals surface area contributed by atoms with Gasteiger partial charge in [-0.05, 0) is 74.0 Å². The molecule has 0 bridgehead atoms. The number of carbonyl (C=O) groups excluding carboxylic acids is 2.